The lowest BCUT2D eigenvalue weighted by Crippen LogP contribution is -1.99. The normalized spacial score (nSPS) is 10.6. The first-order valence-corrected chi connectivity index (χ1v) is 5.54. The van der Waals surface area contributed by atoms with E-state index >= 15 is 0 Å². The Balaban J connectivity index is 1.96. The maximum absolute atomic E-state index is 4.50. The second-order valence-corrected chi connectivity index (χ2v) is 3.88. The molecule has 82 valence electrons. The molecule has 0 fully saturated rings. The Hall–Kier alpha value is -2.29. The zero-order valence-electron chi connectivity index (χ0n) is 9.24. The molecule has 0 saturated heterocycles. The molecule has 0 atom stereocenters. The number of hydrogen-bond acceptors (Lipinski definition) is 3. The maximum Gasteiger partial charge on any atom is 0.156 e. The van der Waals surface area contributed by atoms with Crippen molar-refractivity contribution in [2.75, 3.05) is 0 Å². The fourth-order valence-corrected chi connectivity index (χ4v) is 1.77. The van der Waals surface area contributed by atoms with Crippen molar-refractivity contribution in [1.29, 1.82) is 0 Å². The zero-order valence-corrected chi connectivity index (χ0v) is 9.24. The lowest BCUT2D eigenvalue weighted by Gasteiger charge is -2.01. The second-order valence-electron chi connectivity index (χ2n) is 3.88. The number of nitrogens with zero attached hydrogens (tertiary/aromatic N) is 3. The van der Waals surface area contributed by atoms with Crippen LogP contribution in [0.25, 0.3) is 11.0 Å². The number of rotatable bonds is 2. The first-order valence-electron chi connectivity index (χ1n) is 5.54. The molecule has 3 rings (SSSR count). The summed E-state index contributed by atoms with van der Waals surface area (Å²) < 4.78 is 0. The van der Waals surface area contributed by atoms with E-state index in [0.717, 1.165) is 23.3 Å². The summed E-state index contributed by atoms with van der Waals surface area (Å²) in [5, 5.41) is 8.31. The molecule has 0 unspecified atom stereocenters. The van der Waals surface area contributed by atoms with E-state index in [0.29, 0.717) is 0 Å². The van der Waals surface area contributed by atoms with Gasteiger partial charge in [0.25, 0.3) is 0 Å². The van der Waals surface area contributed by atoms with E-state index < -0.39 is 0 Å². The van der Waals surface area contributed by atoms with Crippen molar-refractivity contribution in [1.82, 2.24) is 15.2 Å². The quantitative estimate of drug-likeness (QED) is 0.667. The molecule has 0 aliphatic heterocycles. The fraction of sp³-hybridized carbons (Fsp3) is 0.0714. The van der Waals surface area contributed by atoms with Gasteiger partial charge < -0.3 is 0 Å². The van der Waals surface area contributed by atoms with Crippen LogP contribution in [0.1, 0.15) is 11.4 Å². The Labute approximate surface area is 99.2 Å². The number of fused-ring (bicyclic) bond motifs is 1. The molecule has 0 spiro atoms. The SMILES string of the molecule is c1ccc(Cc2nnc3ccccc3n2)cc1. The van der Waals surface area contributed by atoms with Crippen molar-refractivity contribution in [2.45, 2.75) is 6.42 Å². The average Bonchev–Trinajstić information content (AvgIpc) is 2.40. The summed E-state index contributed by atoms with van der Waals surface area (Å²) in [7, 11) is 0. The molecule has 0 amide bonds. The summed E-state index contributed by atoms with van der Waals surface area (Å²) in [6.45, 7) is 0. The standard InChI is InChI=1S/C14H11N3/c1-2-6-11(7-3-1)10-14-15-12-8-4-5-9-13(12)16-17-14/h1-9H,10H2. The predicted octanol–water partition coefficient (Wildman–Crippen LogP) is 2.62. The first-order chi connectivity index (χ1) is 8.42. The molecule has 1 heterocycles. The molecule has 3 aromatic rings. The van der Waals surface area contributed by atoms with E-state index in [-0.39, 0.29) is 0 Å². The van der Waals surface area contributed by atoms with Crippen molar-refractivity contribution in [3.8, 4) is 0 Å². The lowest BCUT2D eigenvalue weighted by atomic mass is 10.1. The number of benzene rings is 2. The smallest absolute Gasteiger partial charge is 0.156 e. The average molecular weight is 221 g/mol. The van der Waals surface area contributed by atoms with Crippen molar-refractivity contribution >= 4 is 11.0 Å². The van der Waals surface area contributed by atoms with Gasteiger partial charge in [-0.25, -0.2) is 4.98 Å². The molecule has 2 aromatic carbocycles. The van der Waals surface area contributed by atoms with Crippen LogP contribution in [0.2, 0.25) is 0 Å². The van der Waals surface area contributed by atoms with Crippen LogP contribution in [0, 0.1) is 0 Å². The lowest BCUT2D eigenvalue weighted by molar-refractivity contribution is 0.900. The van der Waals surface area contributed by atoms with Gasteiger partial charge in [0, 0.05) is 6.42 Å². The number of aromatic nitrogens is 3. The van der Waals surface area contributed by atoms with Crippen molar-refractivity contribution in [3.05, 3.63) is 66.0 Å². The van der Waals surface area contributed by atoms with Crippen molar-refractivity contribution < 1.29 is 0 Å². The third-order valence-corrected chi connectivity index (χ3v) is 2.61. The Morgan fingerprint density at radius 2 is 1.41 bits per heavy atom. The maximum atomic E-state index is 4.50. The van der Waals surface area contributed by atoms with Crippen LogP contribution in [0.4, 0.5) is 0 Å². The predicted molar refractivity (Wildman–Crippen MR) is 66.6 cm³/mol. The minimum absolute atomic E-state index is 0.721. The second kappa shape index (κ2) is 4.29. The van der Waals surface area contributed by atoms with Crippen LogP contribution in [-0.2, 0) is 6.42 Å². The minimum atomic E-state index is 0.721. The Morgan fingerprint density at radius 3 is 2.24 bits per heavy atom. The minimum Gasteiger partial charge on any atom is -0.229 e. The summed E-state index contributed by atoms with van der Waals surface area (Å²) in [6, 6.07) is 18.0. The highest BCUT2D eigenvalue weighted by Gasteiger charge is 2.01. The van der Waals surface area contributed by atoms with Gasteiger partial charge in [0.15, 0.2) is 5.82 Å². The molecule has 0 aliphatic carbocycles. The van der Waals surface area contributed by atoms with Gasteiger partial charge in [-0.2, -0.15) is 0 Å². The topological polar surface area (TPSA) is 38.7 Å². The van der Waals surface area contributed by atoms with Gasteiger partial charge in [0.2, 0.25) is 0 Å². The molecule has 0 aliphatic rings. The van der Waals surface area contributed by atoms with Gasteiger partial charge in [-0.1, -0.05) is 42.5 Å². The summed E-state index contributed by atoms with van der Waals surface area (Å²) in [5.74, 6) is 0.759. The highest BCUT2D eigenvalue weighted by molar-refractivity contribution is 5.72. The number of hydrogen-bond donors (Lipinski definition) is 0. The molecule has 0 saturated carbocycles. The Morgan fingerprint density at radius 1 is 0.706 bits per heavy atom. The van der Waals surface area contributed by atoms with Gasteiger partial charge in [-0.05, 0) is 17.7 Å². The van der Waals surface area contributed by atoms with Gasteiger partial charge in [0.05, 0.1) is 5.52 Å². The fourth-order valence-electron chi connectivity index (χ4n) is 1.77. The molecule has 0 bridgehead atoms. The van der Waals surface area contributed by atoms with Crippen molar-refractivity contribution in [3.63, 3.8) is 0 Å². The molecule has 3 nitrogen and oxygen atoms in total. The van der Waals surface area contributed by atoms with Crippen LogP contribution in [0.3, 0.4) is 0 Å². The van der Waals surface area contributed by atoms with Crippen LogP contribution >= 0.6 is 0 Å². The van der Waals surface area contributed by atoms with Crippen molar-refractivity contribution in [2.24, 2.45) is 0 Å². The molecule has 3 heteroatoms. The van der Waals surface area contributed by atoms with Gasteiger partial charge in [0.1, 0.15) is 5.52 Å². The summed E-state index contributed by atoms with van der Waals surface area (Å²) in [5.41, 5.74) is 2.93. The summed E-state index contributed by atoms with van der Waals surface area (Å²) in [4.78, 5) is 4.50. The molecular formula is C14H11N3. The van der Waals surface area contributed by atoms with E-state index in [1.54, 1.807) is 0 Å². The van der Waals surface area contributed by atoms with Gasteiger partial charge in [-0.15, -0.1) is 10.2 Å². The molecular weight excluding hydrogens is 210 g/mol. The largest absolute Gasteiger partial charge is 0.229 e. The zero-order chi connectivity index (χ0) is 11.5. The Kier molecular flexibility index (Phi) is 2.50. The van der Waals surface area contributed by atoms with E-state index in [1.165, 1.54) is 5.56 Å². The number of para-hydroxylation sites is 1. The monoisotopic (exact) mass is 221 g/mol. The van der Waals surface area contributed by atoms with Crippen LogP contribution in [0.5, 0.6) is 0 Å². The first kappa shape index (κ1) is 9.90. The van der Waals surface area contributed by atoms with Crippen LogP contribution in [-0.4, -0.2) is 15.2 Å². The molecule has 1 aromatic heterocycles. The highest BCUT2D eigenvalue weighted by Crippen LogP contribution is 2.09. The third-order valence-electron chi connectivity index (χ3n) is 2.61. The summed E-state index contributed by atoms with van der Waals surface area (Å²) >= 11 is 0. The molecule has 0 radical (unpaired) electrons. The van der Waals surface area contributed by atoms with E-state index in [4.69, 9.17) is 0 Å². The third kappa shape index (κ3) is 2.13. The van der Waals surface area contributed by atoms with E-state index in [9.17, 15) is 0 Å². The van der Waals surface area contributed by atoms with Gasteiger partial charge >= 0.3 is 0 Å². The van der Waals surface area contributed by atoms with Gasteiger partial charge in [-0.3, -0.25) is 0 Å². The summed E-state index contributed by atoms with van der Waals surface area (Å²) in [6.07, 6.45) is 0.721. The molecule has 0 N–H and O–H groups in total. The molecule has 17 heavy (non-hydrogen) atoms. The van der Waals surface area contributed by atoms with E-state index in [2.05, 4.69) is 27.3 Å². The highest BCUT2D eigenvalue weighted by atomic mass is 15.1. The van der Waals surface area contributed by atoms with E-state index in [1.807, 2.05) is 42.5 Å². The Bertz CT molecular complexity index is 635. The van der Waals surface area contributed by atoms with Crippen LogP contribution < -0.4 is 0 Å². The van der Waals surface area contributed by atoms with Crippen LogP contribution in [0.15, 0.2) is 54.6 Å².